The summed E-state index contributed by atoms with van der Waals surface area (Å²) in [5.74, 6) is -2.56. The molecule has 0 spiro atoms. The Kier molecular flexibility index (Phi) is 7.86. The normalized spacial score (nSPS) is 13.8. The fraction of sp³-hybridized carbons (Fsp3) is 0.240. The second-order valence-corrected chi connectivity index (χ2v) is 11.3. The Morgan fingerprint density at radius 3 is 2.56 bits per heavy atom. The van der Waals surface area contributed by atoms with Crippen molar-refractivity contribution >= 4 is 27.4 Å². The summed E-state index contributed by atoms with van der Waals surface area (Å²) in [5, 5.41) is 16.2. The molecular formula is C25H22F2N6O4S2. The van der Waals surface area contributed by atoms with E-state index in [1.165, 1.54) is 24.3 Å². The third-order valence-electron chi connectivity index (χ3n) is 5.86. The summed E-state index contributed by atoms with van der Waals surface area (Å²) in [6.45, 7) is 2.70. The zero-order chi connectivity index (χ0) is 28.4. The van der Waals surface area contributed by atoms with Gasteiger partial charge in [-0.15, -0.1) is 11.3 Å². The van der Waals surface area contributed by atoms with Crippen LogP contribution in [0.4, 0.5) is 8.78 Å². The van der Waals surface area contributed by atoms with E-state index in [4.69, 9.17) is 9.44 Å². The van der Waals surface area contributed by atoms with Gasteiger partial charge < -0.3 is 5.32 Å². The topological polar surface area (TPSA) is 140 Å². The smallest absolute Gasteiger partial charge is 0.265 e. The maximum absolute atomic E-state index is 15.2. The lowest BCUT2D eigenvalue weighted by molar-refractivity contribution is 0.0134. The largest absolute Gasteiger partial charge is 0.345 e. The highest BCUT2D eigenvalue weighted by molar-refractivity contribution is 7.86. The van der Waals surface area contributed by atoms with Crippen molar-refractivity contribution in [1.82, 2.24) is 25.1 Å². The van der Waals surface area contributed by atoms with Crippen molar-refractivity contribution in [3.8, 4) is 16.6 Å². The maximum atomic E-state index is 15.2. The van der Waals surface area contributed by atoms with Gasteiger partial charge in [0.15, 0.2) is 5.60 Å². The fourth-order valence-corrected chi connectivity index (χ4v) is 5.86. The summed E-state index contributed by atoms with van der Waals surface area (Å²) in [6, 6.07) is 10.2. The van der Waals surface area contributed by atoms with E-state index in [0.717, 1.165) is 29.7 Å². The molecule has 0 bridgehead atoms. The highest BCUT2D eigenvalue weighted by Gasteiger charge is 2.46. The maximum Gasteiger partial charge on any atom is 0.265 e. The van der Waals surface area contributed by atoms with Gasteiger partial charge in [-0.05, 0) is 32.0 Å². The van der Waals surface area contributed by atoms with E-state index >= 15 is 4.39 Å². The number of rotatable bonds is 9. The van der Waals surface area contributed by atoms with Crippen LogP contribution in [0.5, 0.6) is 0 Å². The van der Waals surface area contributed by atoms with Crippen molar-refractivity contribution in [3.63, 3.8) is 0 Å². The summed E-state index contributed by atoms with van der Waals surface area (Å²) in [5.41, 5.74) is -0.812. The van der Waals surface area contributed by atoms with Gasteiger partial charge in [0.05, 0.1) is 36.2 Å². The van der Waals surface area contributed by atoms with E-state index in [2.05, 4.69) is 20.4 Å². The molecule has 2 aromatic heterocycles. The molecule has 10 nitrogen and oxygen atoms in total. The van der Waals surface area contributed by atoms with Crippen LogP contribution < -0.4 is 5.32 Å². The van der Waals surface area contributed by atoms with Gasteiger partial charge in [0.25, 0.3) is 16.0 Å². The molecule has 202 valence electrons. The average molecular weight is 573 g/mol. The number of nitriles is 1. The van der Waals surface area contributed by atoms with Crippen LogP contribution in [0, 0.1) is 29.9 Å². The molecule has 1 N–H and O–H groups in total. The van der Waals surface area contributed by atoms with Gasteiger partial charge in [-0.2, -0.15) is 18.8 Å². The molecule has 39 heavy (non-hydrogen) atoms. The first-order valence-electron chi connectivity index (χ1n) is 11.4. The van der Waals surface area contributed by atoms with Crippen LogP contribution in [-0.2, 0) is 26.4 Å². The Hall–Kier alpha value is -4.06. The quantitative estimate of drug-likeness (QED) is 0.300. The van der Waals surface area contributed by atoms with Gasteiger partial charge in [-0.3, -0.25) is 8.98 Å². The van der Waals surface area contributed by atoms with Crippen molar-refractivity contribution in [2.75, 3.05) is 6.26 Å². The summed E-state index contributed by atoms with van der Waals surface area (Å²) >= 11 is 1.09. The van der Waals surface area contributed by atoms with Gasteiger partial charge in [0.1, 0.15) is 34.2 Å². The number of aromatic nitrogens is 4. The van der Waals surface area contributed by atoms with Crippen molar-refractivity contribution in [2.24, 2.45) is 0 Å². The van der Waals surface area contributed by atoms with E-state index < -0.39 is 39.3 Å². The lowest BCUT2D eigenvalue weighted by Crippen LogP contribution is -2.54. The summed E-state index contributed by atoms with van der Waals surface area (Å²) in [4.78, 5) is 21.9. The van der Waals surface area contributed by atoms with Crippen LogP contribution in [0.3, 0.4) is 0 Å². The van der Waals surface area contributed by atoms with Gasteiger partial charge in [0.2, 0.25) is 0 Å². The number of hydrogen-bond acceptors (Lipinski definition) is 9. The fourth-order valence-electron chi connectivity index (χ4n) is 4.05. The molecule has 1 amide bonds. The molecule has 0 aliphatic rings. The van der Waals surface area contributed by atoms with Crippen molar-refractivity contribution in [1.29, 1.82) is 5.26 Å². The molecule has 2 atom stereocenters. The van der Waals surface area contributed by atoms with E-state index in [1.807, 2.05) is 6.07 Å². The van der Waals surface area contributed by atoms with Crippen molar-refractivity contribution < 1.29 is 26.2 Å². The molecule has 0 radical (unpaired) electrons. The first kappa shape index (κ1) is 28.0. The molecular weight excluding hydrogens is 550 g/mol. The average Bonchev–Trinajstić information content (AvgIpc) is 3.52. The molecule has 0 saturated heterocycles. The van der Waals surface area contributed by atoms with E-state index in [-0.39, 0.29) is 17.0 Å². The summed E-state index contributed by atoms with van der Waals surface area (Å²) in [7, 11) is -4.26. The third-order valence-corrected chi connectivity index (χ3v) is 7.67. The minimum Gasteiger partial charge on any atom is -0.345 e. The predicted molar refractivity (Wildman–Crippen MR) is 138 cm³/mol. The number of aryl methyl sites for hydroxylation is 1. The minimum absolute atomic E-state index is 0.231. The van der Waals surface area contributed by atoms with Crippen LogP contribution in [0.25, 0.3) is 10.6 Å². The third kappa shape index (κ3) is 6.17. The number of thiazole rings is 1. The zero-order valence-electron chi connectivity index (χ0n) is 20.9. The molecule has 0 aliphatic heterocycles. The standard InChI is InChI=1S/C25H22F2N6O4S2/c1-15-22(38-24(31-15)18-6-4-17(11-28)5-7-18)23(34)32-16(2)25(37-39(3,35)36,12-33-14-29-13-30-33)20-9-8-19(26)10-21(20)27/h4-10,13-14,16H,12H2,1-3H3,(H,32,34). The number of amides is 1. The second kappa shape index (κ2) is 11.0. The predicted octanol–water partition coefficient (Wildman–Crippen LogP) is 3.55. The lowest BCUT2D eigenvalue weighted by atomic mass is 9.86. The van der Waals surface area contributed by atoms with Gasteiger partial charge in [-0.25, -0.2) is 23.4 Å². The molecule has 2 aromatic carbocycles. The highest BCUT2D eigenvalue weighted by Crippen LogP contribution is 2.36. The number of nitrogens with one attached hydrogen (secondary N) is 1. The molecule has 2 unspecified atom stereocenters. The van der Waals surface area contributed by atoms with Crippen molar-refractivity contribution in [2.45, 2.75) is 32.0 Å². The number of nitrogens with zero attached hydrogens (tertiary/aromatic N) is 5. The molecule has 0 saturated carbocycles. The second-order valence-electron chi connectivity index (χ2n) is 8.71. The van der Waals surface area contributed by atoms with Crippen LogP contribution in [0.2, 0.25) is 0 Å². The summed E-state index contributed by atoms with van der Waals surface area (Å²) in [6.07, 6.45) is 3.25. The number of carbonyl (C=O) groups excluding carboxylic acids is 1. The van der Waals surface area contributed by atoms with Gasteiger partial charge in [0, 0.05) is 17.2 Å². The Bertz CT molecular complexity index is 1650. The minimum atomic E-state index is -4.26. The Morgan fingerprint density at radius 2 is 1.97 bits per heavy atom. The van der Waals surface area contributed by atoms with Gasteiger partial charge in [-0.1, -0.05) is 18.2 Å². The van der Waals surface area contributed by atoms with Crippen LogP contribution >= 0.6 is 11.3 Å². The number of carbonyl (C=O) groups is 1. The number of hydrogen-bond donors (Lipinski definition) is 1. The van der Waals surface area contributed by atoms with Crippen molar-refractivity contribution in [3.05, 3.63) is 88.5 Å². The first-order chi connectivity index (χ1) is 18.4. The molecule has 0 fully saturated rings. The monoisotopic (exact) mass is 572 g/mol. The zero-order valence-corrected chi connectivity index (χ0v) is 22.6. The van der Waals surface area contributed by atoms with Gasteiger partial charge >= 0.3 is 0 Å². The Labute approximate surface area is 227 Å². The number of benzene rings is 2. The highest BCUT2D eigenvalue weighted by atomic mass is 32.2. The van der Waals surface area contributed by atoms with Crippen LogP contribution in [0.15, 0.2) is 55.1 Å². The molecule has 4 aromatic rings. The Balaban J connectivity index is 1.74. The van der Waals surface area contributed by atoms with Crippen LogP contribution in [0.1, 0.15) is 33.4 Å². The first-order valence-corrected chi connectivity index (χ1v) is 14.0. The van der Waals surface area contributed by atoms with Crippen LogP contribution in [-0.4, -0.2) is 46.4 Å². The lowest BCUT2D eigenvalue weighted by Gasteiger charge is -2.38. The molecule has 2 heterocycles. The number of halogens is 2. The summed E-state index contributed by atoms with van der Waals surface area (Å²) < 4.78 is 60.6. The Morgan fingerprint density at radius 1 is 1.26 bits per heavy atom. The SMILES string of the molecule is Cc1nc(-c2ccc(C#N)cc2)sc1C(=O)NC(C)C(Cn1cncn1)(OS(C)(=O)=O)c1ccc(F)cc1F. The molecule has 4 rings (SSSR count). The molecule has 14 heteroatoms. The van der Waals surface area contributed by atoms with E-state index in [1.54, 1.807) is 31.2 Å². The molecule has 0 aliphatic carbocycles. The van der Waals surface area contributed by atoms with E-state index in [0.29, 0.717) is 27.9 Å². The van der Waals surface area contributed by atoms with E-state index in [9.17, 15) is 17.6 Å².